The van der Waals surface area contributed by atoms with Crippen molar-refractivity contribution in [1.29, 1.82) is 5.26 Å². The van der Waals surface area contributed by atoms with Gasteiger partial charge in [-0.2, -0.15) is 5.26 Å². The molecule has 0 aliphatic heterocycles. The minimum absolute atomic E-state index is 0.103. The molecule has 0 radical (unpaired) electrons. The fraction of sp³-hybridized carbons (Fsp3) is 0.200. The van der Waals surface area contributed by atoms with Gasteiger partial charge >= 0.3 is 5.97 Å². The first-order chi connectivity index (χ1) is 12.6. The van der Waals surface area contributed by atoms with Gasteiger partial charge in [-0.3, -0.25) is 0 Å². The zero-order valence-corrected chi connectivity index (χ0v) is 14.5. The highest BCUT2D eigenvalue weighted by Gasteiger charge is 2.11. The molecule has 0 aliphatic carbocycles. The lowest BCUT2D eigenvalue weighted by molar-refractivity contribution is -0.137. The molecule has 2 rings (SSSR count). The van der Waals surface area contributed by atoms with Gasteiger partial charge in [0, 0.05) is 0 Å². The van der Waals surface area contributed by atoms with Crippen LogP contribution in [0.2, 0.25) is 0 Å². The number of ether oxygens (including phenoxy) is 3. The highest BCUT2D eigenvalue weighted by molar-refractivity contribution is 5.97. The van der Waals surface area contributed by atoms with Crippen LogP contribution in [0.4, 0.5) is 4.39 Å². The van der Waals surface area contributed by atoms with E-state index in [4.69, 9.17) is 19.5 Å². The molecule has 6 heteroatoms. The minimum Gasteiger partial charge on any atom is -0.493 e. The summed E-state index contributed by atoms with van der Waals surface area (Å²) in [5.74, 6) is -0.0476. The monoisotopic (exact) mass is 355 g/mol. The van der Waals surface area contributed by atoms with Gasteiger partial charge in [-0.1, -0.05) is 18.2 Å². The number of nitrogens with zero attached hydrogens (tertiary/aromatic N) is 1. The summed E-state index contributed by atoms with van der Waals surface area (Å²) in [4.78, 5) is 11.7. The first kappa shape index (κ1) is 19.0. The maximum atomic E-state index is 12.9. The van der Waals surface area contributed by atoms with Crippen molar-refractivity contribution in [2.24, 2.45) is 0 Å². The maximum Gasteiger partial charge on any atom is 0.348 e. The van der Waals surface area contributed by atoms with Crippen LogP contribution in [0, 0.1) is 17.1 Å². The average molecular weight is 355 g/mol. The molecule has 0 atom stereocenters. The molecule has 2 aromatic carbocycles. The number of nitriles is 1. The Morgan fingerprint density at radius 2 is 1.92 bits per heavy atom. The van der Waals surface area contributed by atoms with Gasteiger partial charge < -0.3 is 14.2 Å². The second-order valence-electron chi connectivity index (χ2n) is 5.22. The molecule has 26 heavy (non-hydrogen) atoms. The standard InChI is InChI=1S/C20H18FNO4/c1-3-25-20(23)16(12-22)10-15-6-9-18(19(11-15)24-2)26-13-14-4-7-17(21)8-5-14/h4-11H,3,13H2,1-2H3/b16-10+. The van der Waals surface area contributed by atoms with E-state index in [0.29, 0.717) is 17.1 Å². The van der Waals surface area contributed by atoms with Crippen LogP contribution in [0.1, 0.15) is 18.1 Å². The molecule has 0 fully saturated rings. The Kier molecular flexibility index (Phi) is 6.75. The lowest BCUT2D eigenvalue weighted by atomic mass is 10.1. The maximum absolute atomic E-state index is 12.9. The molecule has 0 heterocycles. The highest BCUT2D eigenvalue weighted by atomic mass is 19.1. The molecule has 0 amide bonds. The number of hydrogen-bond acceptors (Lipinski definition) is 5. The fourth-order valence-corrected chi connectivity index (χ4v) is 2.15. The summed E-state index contributed by atoms with van der Waals surface area (Å²) in [6.45, 7) is 2.11. The first-order valence-electron chi connectivity index (χ1n) is 7.91. The Labute approximate surface area is 151 Å². The van der Waals surface area contributed by atoms with Crippen LogP contribution in [0.5, 0.6) is 11.5 Å². The van der Waals surface area contributed by atoms with Crippen LogP contribution in [0.3, 0.4) is 0 Å². The number of rotatable bonds is 7. The highest BCUT2D eigenvalue weighted by Crippen LogP contribution is 2.29. The van der Waals surface area contributed by atoms with Gasteiger partial charge in [-0.05, 0) is 48.4 Å². The van der Waals surface area contributed by atoms with E-state index >= 15 is 0 Å². The molecule has 0 aliphatic rings. The molecular formula is C20H18FNO4. The molecule has 0 spiro atoms. The Morgan fingerprint density at radius 3 is 2.54 bits per heavy atom. The second-order valence-corrected chi connectivity index (χ2v) is 5.22. The lowest BCUT2D eigenvalue weighted by Gasteiger charge is -2.11. The molecule has 0 bridgehead atoms. The van der Waals surface area contributed by atoms with E-state index in [1.807, 2.05) is 6.07 Å². The van der Waals surface area contributed by atoms with Crippen LogP contribution in [-0.4, -0.2) is 19.7 Å². The Bertz CT molecular complexity index is 838. The predicted molar refractivity (Wildman–Crippen MR) is 93.9 cm³/mol. The third kappa shape index (κ3) is 5.08. The van der Waals surface area contributed by atoms with Crippen LogP contribution >= 0.6 is 0 Å². The van der Waals surface area contributed by atoms with Gasteiger partial charge in [-0.25, -0.2) is 9.18 Å². The van der Waals surface area contributed by atoms with Crippen molar-refractivity contribution in [3.05, 3.63) is 65.0 Å². The molecule has 0 unspecified atom stereocenters. The molecule has 2 aromatic rings. The quantitative estimate of drug-likeness (QED) is 0.428. The van der Waals surface area contributed by atoms with Crippen molar-refractivity contribution in [2.75, 3.05) is 13.7 Å². The number of methoxy groups -OCH3 is 1. The van der Waals surface area contributed by atoms with Crippen molar-refractivity contribution in [3.8, 4) is 17.6 Å². The second kappa shape index (κ2) is 9.23. The number of hydrogen-bond donors (Lipinski definition) is 0. The summed E-state index contributed by atoms with van der Waals surface area (Å²) >= 11 is 0. The van der Waals surface area contributed by atoms with Crippen molar-refractivity contribution in [2.45, 2.75) is 13.5 Å². The van der Waals surface area contributed by atoms with Crippen molar-refractivity contribution in [1.82, 2.24) is 0 Å². The summed E-state index contributed by atoms with van der Waals surface area (Å²) in [5, 5.41) is 9.09. The average Bonchev–Trinajstić information content (AvgIpc) is 2.66. The van der Waals surface area contributed by atoms with Gasteiger partial charge in [-0.15, -0.1) is 0 Å². The molecule has 134 valence electrons. The SMILES string of the molecule is CCOC(=O)/C(C#N)=C/c1ccc(OCc2ccc(F)cc2)c(OC)c1. The summed E-state index contributed by atoms with van der Waals surface area (Å²) in [6.07, 6.45) is 1.42. The van der Waals surface area contributed by atoms with Gasteiger partial charge in [0.25, 0.3) is 0 Å². The smallest absolute Gasteiger partial charge is 0.348 e. The Morgan fingerprint density at radius 1 is 1.19 bits per heavy atom. The van der Waals surface area contributed by atoms with Crippen LogP contribution in [0.25, 0.3) is 6.08 Å². The fourth-order valence-electron chi connectivity index (χ4n) is 2.15. The molecule has 0 N–H and O–H groups in total. The van der Waals surface area contributed by atoms with Gasteiger partial charge in [0.15, 0.2) is 11.5 Å². The van der Waals surface area contributed by atoms with Gasteiger partial charge in [0.1, 0.15) is 24.1 Å². The van der Waals surface area contributed by atoms with Crippen LogP contribution < -0.4 is 9.47 Å². The third-order valence-corrected chi connectivity index (χ3v) is 3.42. The molecule has 5 nitrogen and oxygen atoms in total. The van der Waals surface area contributed by atoms with Crippen LogP contribution in [-0.2, 0) is 16.1 Å². The number of esters is 1. The van der Waals surface area contributed by atoms with E-state index in [0.717, 1.165) is 5.56 Å². The lowest BCUT2D eigenvalue weighted by Crippen LogP contribution is -2.06. The Hall–Kier alpha value is -3.33. The van der Waals surface area contributed by atoms with Crippen molar-refractivity contribution >= 4 is 12.0 Å². The summed E-state index contributed by atoms with van der Waals surface area (Å²) in [7, 11) is 1.49. The number of halogens is 1. The van der Waals surface area contributed by atoms with Crippen molar-refractivity contribution < 1.29 is 23.4 Å². The van der Waals surface area contributed by atoms with E-state index in [2.05, 4.69) is 0 Å². The topological polar surface area (TPSA) is 68.6 Å². The van der Waals surface area contributed by atoms with E-state index in [1.54, 1.807) is 37.3 Å². The number of benzene rings is 2. The molecule has 0 aromatic heterocycles. The van der Waals surface area contributed by atoms with E-state index in [1.165, 1.54) is 25.3 Å². The van der Waals surface area contributed by atoms with E-state index in [9.17, 15) is 9.18 Å². The largest absolute Gasteiger partial charge is 0.493 e. The van der Waals surface area contributed by atoms with Crippen LogP contribution in [0.15, 0.2) is 48.0 Å². The third-order valence-electron chi connectivity index (χ3n) is 3.42. The zero-order valence-electron chi connectivity index (χ0n) is 14.5. The van der Waals surface area contributed by atoms with E-state index < -0.39 is 5.97 Å². The summed E-state index contributed by atoms with van der Waals surface area (Å²) < 4.78 is 28.8. The van der Waals surface area contributed by atoms with Gasteiger partial charge in [0.2, 0.25) is 0 Å². The molecule has 0 saturated carbocycles. The predicted octanol–water partition coefficient (Wildman–Crippen LogP) is 3.88. The van der Waals surface area contributed by atoms with E-state index in [-0.39, 0.29) is 24.6 Å². The molecule has 0 saturated heterocycles. The number of carbonyl (C=O) groups is 1. The van der Waals surface area contributed by atoms with Crippen molar-refractivity contribution in [3.63, 3.8) is 0 Å². The Balaban J connectivity index is 2.17. The minimum atomic E-state index is -0.675. The normalized spacial score (nSPS) is 10.8. The zero-order chi connectivity index (χ0) is 18.9. The molecular weight excluding hydrogens is 337 g/mol. The summed E-state index contributed by atoms with van der Waals surface area (Å²) in [5.41, 5.74) is 1.31. The van der Waals surface area contributed by atoms with Gasteiger partial charge in [0.05, 0.1) is 13.7 Å². The summed E-state index contributed by atoms with van der Waals surface area (Å²) in [6, 6.07) is 12.8. The first-order valence-corrected chi connectivity index (χ1v) is 7.91. The number of carbonyl (C=O) groups excluding carboxylic acids is 1.